The van der Waals surface area contributed by atoms with Crippen molar-refractivity contribution in [3.8, 4) is 5.75 Å². The van der Waals surface area contributed by atoms with Crippen LogP contribution in [0, 0.1) is 5.82 Å². The van der Waals surface area contributed by atoms with Crippen LogP contribution in [0.5, 0.6) is 5.75 Å². The van der Waals surface area contributed by atoms with Gasteiger partial charge in [0, 0.05) is 11.9 Å². The van der Waals surface area contributed by atoms with Crippen LogP contribution in [0.4, 0.5) is 10.1 Å². The first-order chi connectivity index (χ1) is 8.77. The highest BCUT2D eigenvalue weighted by Crippen LogP contribution is 2.22. The van der Waals surface area contributed by atoms with E-state index >= 15 is 0 Å². The van der Waals surface area contributed by atoms with Crippen LogP contribution in [0.25, 0.3) is 0 Å². The fourth-order valence-electron chi connectivity index (χ4n) is 1.38. The van der Waals surface area contributed by atoms with Gasteiger partial charge in [0.1, 0.15) is 5.03 Å². The summed E-state index contributed by atoms with van der Waals surface area (Å²) >= 11 is 1.49. The Balaban J connectivity index is 1.80. The molecule has 2 rings (SSSR count). The normalized spacial score (nSPS) is 10.3. The number of ether oxygens (including phenoxy) is 1. The molecule has 0 aliphatic carbocycles. The highest BCUT2D eigenvalue weighted by molar-refractivity contribution is 7.99. The molecule has 5 heteroatoms. The van der Waals surface area contributed by atoms with Crippen LogP contribution >= 0.6 is 11.8 Å². The Bertz CT molecular complexity index is 474. The van der Waals surface area contributed by atoms with E-state index in [0.717, 1.165) is 5.03 Å². The standard InChI is InChI=1S/C13H13FN2OS/c14-10-4-1-2-6-12(10)17-8-9-18-13-11(15)5-3-7-16-13/h1-7H,8-9,15H2. The van der Waals surface area contributed by atoms with E-state index in [4.69, 9.17) is 10.5 Å². The number of benzene rings is 1. The molecule has 0 atom stereocenters. The predicted molar refractivity (Wildman–Crippen MR) is 71.3 cm³/mol. The van der Waals surface area contributed by atoms with Gasteiger partial charge in [0.2, 0.25) is 0 Å². The number of hydrogen-bond acceptors (Lipinski definition) is 4. The van der Waals surface area contributed by atoms with E-state index < -0.39 is 0 Å². The maximum atomic E-state index is 13.2. The van der Waals surface area contributed by atoms with Gasteiger partial charge < -0.3 is 10.5 Å². The van der Waals surface area contributed by atoms with Gasteiger partial charge >= 0.3 is 0 Å². The molecular weight excluding hydrogens is 251 g/mol. The van der Waals surface area contributed by atoms with E-state index in [0.29, 0.717) is 18.0 Å². The highest BCUT2D eigenvalue weighted by Gasteiger charge is 2.03. The highest BCUT2D eigenvalue weighted by atomic mass is 32.2. The number of nitrogen functional groups attached to an aromatic ring is 1. The van der Waals surface area contributed by atoms with Crippen molar-refractivity contribution >= 4 is 17.4 Å². The van der Waals surface area contributed by atoms with E-state index in [1.807, 2.05) is 0 Å². The molecule has 1 heterocycles. The van der Waals surface area contributed by atoms with Gasteiger partial charge in [0.15, 0.2) is 11.6 Å². The van der Waals surface area contributed by atoms with Gasteiger partial charge in [0.25, 0.3) is 0 Å². The van der Waals surface area contributed by atoms with Crippen LogP contribution in [-0.4, -0.2) is 17.3 Å². The van der Waals surface area contributed by atoms with E-state index in [1.165, 1.54) is 17.8 Å². The molecular formula is C13H13FN2OS. The minimum Gasteiger partial charge on any atom is -0.490 e. The molecule has 1 aromatic carbocycles. The third-order valence-electron chi connectivity index (χ3n) is 2.22. The van der Waals surface area contributed by atoms with Crippen LogP contribution in [0.15, 0.2) is 47.6 Å². The zero-order chi connectivity index (χ0) is 12.8. The molecule has 0 amide bonds. The Morgan fingerprint density at radius 2 is 2.06 bits per heavy atom. The van der Waals surface area contributed by atoms with Gasteiger partial charge in [-0.25, -0.2) is 9.37 Å². The molecule has 0 saturated carbocycles. The fraction of sp³-hybridized carbons (Fsp3) is 0.154. The lowest BCUT2D eigenvalue weighted by molar-refractivity contribution is 0.325. The number of pyridine rings is 1. The number of nitrogens with two attached hydrogens (primary N) is 1. The predicted octanol–water partition coefficient (Wildman–Crippen LogP) is 2.97. The summed E-state index contributed by atoms with van der Waals surface area (Å²) < 4.78 is 18.6. The maximum Gasteiger partial charge on any atom is 0.165 e. The average Bonchev–Trinajstić information content (AvgIpc) is 2.38. The van der Waals surface area contributed by atoms with Crippen molar-refractivity contribution < 1.29 is 9.13 Å². The lowest BCUT2D eigenvalue weighted by atomic mass is 10.3. The van der Waals surface area contributed by atoms with Gasteiger partial charge in [-0.15, -0.1) is 11.8 Å². The Hall–Kier alpha value is -1.75. The summed E-state index contributed by atoms with van der Waals surface area (Å²) in [4.78, 5) is 4.15. The van der Waals surface area contributed by atoms with Crippen LogP contribution in [0.3, 0.4) is 0 Å². The number of anilines is 1. The van der Waals surface area contributed by atoms with Crippen LogP contribution in [0.1, 0.15) is 0 Å². The number of thioether (sulfide) groups is 1. The summed E-state index contributed by atoms with van der Waals surface area (Å²) in [6.45, 7) is 0.404. The van der Waals surface area contributed by atoms with Gasteiger partial charge in [0.05, 0.1) is 12.3 Å². The first kappa shape index (κ1) is 12.7. The van der Waals surface area contributed by atoms with Crippen molar-refractivity contribution in [1.29, 1.82) is 0 Å². The number of halogens is 1. The monoisotopic (exact) mass is 264 g/mol. The third kappa shape index (κ3) is 3.37. The first-order valence-corrected chi connectivity index (χ1v) is 6.46. The SMILES string of the molecule is Nc1cccnc1SCCOc1ccccc1F. The largest absolute Gasteiger partial charge is 0.490 e. The molecule has 0 saturated heterocycles. The summed E-state index contributed by atoms with van der Waals surface area (Å²) in [6, 6.07) is 9.93. The minimum absolute atomic E-state index is 0.270. The third-order valence-corrected chi connectivity index (χ3v) is 3.20. The number of nitrogens with zero attached hydrogens (tertiary/aromatic N) is 1. The number of para-hydroxylation sites is 1. The lowest BCUT2D eigenvalue weighted by Crippen LogP contribution is -2.02. The van der Waals surface area contributed by atoms with E-state index in [1.54, 1.807) is 36.5 Å². The zero-order valence-electron chi connectivity index (χ0n) is 9.67. The quantitative estimate of drug-likeness (QED) is 0.666. The molecule has 0 bridgehead atoms. The van der Waals surface area contributed by atoms with Crippen molar-refractivity contribution in [3.63, 3.8) is 0 Å². The van der Waals surface area contributed by atoms with Crippen molar-refractivity contribution in [2.75, 3.05) is 18.1 Å². The van der Waals surface area contributed by atoms with Crippen molar-refractivity contribution in [3.05, 3.63) is 48.4 Å². The smallest absolute Gasteiger partial charge is 0.165 e. The first-order valence-electron chi connectivity index (χ1n) is 5.48. The second-order valence-corrected chi connectivity index (χ2v) is 4.61. The summed E-state index contributed by atoms with van der Waals surface area (Å²) in [7, 11) is 0. The van der Waals surface area contributed by atoms with Crippen LogP contribution in [-0.2, 0) is 0 Å². The van der Waals surface area contributed by atoms with Gasteiger partial charge in [-0.2, -0.15) is 0 Å². The molecule has 18 heavy (non-hydrogen) atoms. The zero-order valence-corrected chi connectivity index (χ0v) is 10.5. The van der Waals surface area contributed by atoms with Crippen molar-refractivity contribution in [2.24, 2.45) is 0 Å². The van der Waals surface area contributed by atoms with E-state index in [-0.39, 0.29) is 11.6 Å². The van der Waals surface area contributed by atoms with Crippen molar-refractivity contribution in [2.45, 2.75) is 5.03 Å². The molecule has 94 valence electrons. The topological polar surface area (TPSA) is 48.1 Å². The summed E-state index contributed by atoms with van der Waals surface area (Å²) in [5.41, 5.74) is 6.40. The number of hydrogen-bond donors (Lipinski definition) is 1. The van der Waals surface area contributed by atoms with Gasteiger partial charge in [-0.1, -0.05) is 12.1 Å². The summed E-state index contributed by atoms with van der Waals surface area (Å²) in [5, 5.41) is 0.773. The molecule has 3 nitrogen and oxygen atoms in total. The molecule has 0 aliphatic heterocycles. The van der Waals surface area contributed by atoms with Gasteiger partial charge in [-0.3, -0.25) is 0 Å². The van der Waals surface area contributed by atoms with Crippen LogP contribution < -0.4 is 10.5 Å². The molecule has 0 spiro atoms. The summed E-state index contributed by atoms with van der Waals surface area (Å²) in [5.74, 6) is 0.585. The molecule has 0 fully saturated rings. The van der Waals surface area contributed by atoms with Crippen molar-refractivity contribution in [1.82, 2.24) is 4.98 Å². The number of aromatic nitrogens is 1. The molecule has 1 aromatic heterocycles. The van der Waals surface area contributed by atoms with Gasteiger partial charge in [-0.05, 0) is 24.3 Å². The average molecular weight is 264 g/mol. The molecule has 2 N–H and O–H groups in total. The second kappa shape index (κ2) is 6.26. The maximum absolute atomic E-state index is 13.2. The number of rotatable bonds is 5. The molecule has 0 radical (unpaired) electrons. The molecule has 0 unspecified atom stereocenters. The Labute approximate surface area is 109 Å². The van der Waals surface area contributed by atoms with E-state index in [2.05, 4.69) is 4.98 Å². The van der Waals surface area contributed by atoms with E-state index in [9.17, 15) is 4.39 Å². The molecule has 2 aromatic rings. The Morgan fingerprint density at radius 3 is 2.83 bits per heavy atom. The molecule has 0 aliphatic rings. The minimum atomic E-state index is -0.347. The Morgan fingerprint density at radius 1 is 1.22 bits per heavy atom. The second-order valence-electron chi connectivity index (χ2n) is 3.53. The van der Waals surface area contributed by atoms with Crippen LogP contribution in [0.2, 0.25) is 0 Å². The summed E-state index contributed by atoms with van der Waals surface area (Å²) in [6.07, 6.45) is 1.69. The fourth-order valence-corrected chi connectivity index (χ4v) is 2.11. The lowest BCUT2D eigenvalue weighted by Gasteiger charge is -2.07. The Kier molecular flexibility index (Phi) is 4.41.